The predicted octanol–water partition coefficient (Wildman–Crippen LogP) is 0.896. The molecular formula is C18H19FN4O3. The average Bonchev–Trinajstić information content (AvgIpc) is 2.94. The number of aromatic nitrogens is 1. The van der Waals surface area contributed by atoms with Crippen molar-refractivity contribution in [1.82, 2.24) is 14.8 Å². The zero-order valence-electron chi connectivity index (χ0n) is 14.2. The number of H-pyrrole nitrogens is 1. The molecule has 136 valence electrons. The highest BCUT2D eigenvalue weighted by Gasteiger charge is 2.31. The standard InChI is InChI=1S/C18H19FN4O3/c19-12-1-2-14-13(9-12)15(10-16(24)20-14)22-7-5-21(6-8-22)11-23-17(25)3-4-18(23)26/h1-2,9-10H,3-8,11H2,(H,20,24). The van der Waals surface area contributed by atoms with Crippen LogP contribution in [0.4, 0.5) is 10.1 Å². The number of likely N-dealkylation sites (tertiary alicyclic amines) is 1. The molecule has 0 saturated carbocycles. The SMILES string of the molecule is O=C1CCC(=O)N1CN1CCN(c2cc(=O)[nH]c3ccc(F)cc23)CC1. The predicted molar refractivity (Wildman–Crippen MR) is 94.3 cm³/mol. The lowest BCUT2D eigenvalue weighted by Crippen LogP contribution is -2.51. The van der Waals surface area contributed by atoms with Gasteiger partial charge < -0.3 is 9.88 Å². The summed E-state index contributed by atoms with van der Waals surface area (Å²) in [5, 5.41) is 0.669. The summed E-state index contributed by atoms with van der Waals surface area (Å²) in [6.45, 7) is 2.88. The maximum absolute atomic E-state index is 13.7. The van der Waals surface area contributed by atoms with E-state index in [0.29, 0.717) is 62.3 Å². The molecule has 1 N–H and O–H groups in total. The number of piperazine rings is 1. The Bertz CT molecular complexity index is 918. The molecule has 2 saturated heterocycles. The number of anilines is 1. The average molecular weight is 358 g/mol. The number of carbonyl (C=O) groups excluding carboxylic acids is 2. The minimum absolute atomic E-state index is 0.117. The van der Waals surface area contributed by atoms with Gasteiger partial charge in [0, 0.05) is 50.5 Å². The molecule has 7 nitrogen and oxygen atoms in total. The molecule has 8 heteroatoms. The quantitative estimate of drug-likeness (QED) is 0.825. The molecular weight excluding hydrogens is 339 g/mol. The molecule has 26 heavy (non-hydrogen) atoms. The third-order valence-electron chi connectivity index (χ3n) is 4.99. The Kier molecular flexibility index (Phi) is 4.20. The number of hydrogen-bond donors (Lipinski definition) is 1. The summed E-state index contributed by atoms with van der Waals surface area (Å²) in [4.78, 5) is 43.6. The minimum atomic E-state index is -0.351. The number of carbonyl (C=O) groups is 2. The first-order valence-electron chi connectivity index (χ1n) is 8.64. The topological polar surface area (TPSA) is 76.7 Å². The van der Waals surface area contributed by atoms with Crippen LogP contribution in [-0.4, -0.2) is 59.4 Å². The summed E-state index contributed by atoms with van der Waals surface area (Å²) in [5.41, 5.74) is 1.08. The second-order valence-corrected chi connectivity index (χ2v) is 6.67. The number of benzene rings is 1. The highest BCUT2D eigenvalue weighted by molar-refractivity contribution is 6.01. The van der Waals surface area contributed by atoms with Crippen molar-refractivity contribution < 1.29 is 14.0 Å². The van der Waals surface area contributed by atoms with E-state index in [0.717, 1.165) is 0 Å². The van der Waals surface area contributed by atoms with E-state index in [1.54, 1.807) is 6.07 Å². The van der Waals surface area contributed by atoms with E-state index < -0.39 is 0 Å². The van der Waals surface area contributed by atoms with Crippen LogP contribution in [0.1, 0.15) is 12.8 Å². The van der Waals surface area contributed by atoms with E-state index >= 15 is 0 Å². The lowest BCUT2D eigenvalue weighted by atomic mass is 10.1. The second kappa shape index (κ2) is 6.53. The number of rotatable bonds is 3. The largest absolute Gasteiger partial charge is 0.368 e. The van der Waals surface area contributed by atoms with E-state index in [-0.39, 0.29) is 23.2 Å². The van der Waals surface area contributed by atoms with Crippen LogP contribution < -0.4 is 10.5 Å². The molecule has 0 unspecified atom stereocenters. The normalized spacial score (nSPS) is 19.0. The van der Waals surface area contributed by atoms with Gasteiger partial charge in [-0.05, 0) is 18.2 Å². The van der Waals surface area contributed by atoms with Gasteiger partial charge in [-0.1, -0.05) is 0 Å². The van der Waals surface area contributed by atoms with Crippen molar-refractivity contribution in [2.24, 2.45) is 0 Å². The number of fused-ring (bicyclic) bond motifs is 1. The van der Waals surface area contributed by atoms with Gasteiger partial charge in [0.15, 0.2) is 0 Å². The van der Waals surface area contributed by atoms with Crippen LogP contribution >= 0.6 is 0 Å². The van der Waals surface area contributed by atoms with Gasteiger partial charge in [-0.3, -0.25) is 24.2 Å². The van der Waals surface area contributed by atoms with Gasteiger partial charge in [-0.25, -0.2) is 4.39 Å². The molecule has 2 aliphatic heterocycles. The third kappa shape index (κ3) is 3.08. The van der Waals surface area contributed by atoms with Crippen LogP contribution in [0.2, 0.25) is 0 Å². The summed E-state index contributed by atoms with van der Waals surface area (Å²) in [6, 6.07) is 5.81. The summed E-state index contributed by atoms with van der Waals surface area (Å²) < 4.78 is 13.7. The number of nitrogens with one attached hydrogen (secondary N) is 1. The molecule has 2 fully saturated rings. The van der Waals surface area contributed by atoms with E-state index in [1.165, 1.54) is 23.1 Å². The fourth-order valence-electron chi connectivity index (χ4n) is 3.58. The van der Waals surface area contributed by atoms with Gasteiger partial charge in [0.2, 0.25) is 17.4 Å². The second-order valence-electron chi connectivity index (χ2n) is 6.67. The first-order valence-corrected chi connectivity index (χ1v) is 8.64. The molecule has 4 rings (SSSR count). The molecule has 0 radical (unpaired) electrons. The van der Waals surface area contributed by atoms with Crippen molar-refractivity contribution in [1.29, 1.82) is 0 Å². The molecule has 2 amide bonds. The first kappa shape index (κ1) is 16.7. The van der Waals surface area contributed by atoms with Gasteiger partial charge in [-0.15, -0.1) is 0 Å². The van der Waals surface area contributed by atoms with Gasteiger partial charge >= 0.3 is 0 Å². The highest BCUT2D eigenvalue weighted by atomic mass is 19.1. The number of amides is 2. The molecule has 1 aromatic heterocycles. The van der Waals surface area contributed by atoms with Crippen LogP contribution in [0.25, 0.3) is 10.9 Å². The van der Waals surface area contributed by atoms with Crippen LogP contribution in [0, 0.1) is 5.82 Å². The number of pyridine rings is 1. The summed E-state index contributed by atoms with van der Waals surface area (Å²) in [7, 11) is 0. The number of halogens is 1. The Labute approximate surface area is 149 Å². The van der Waals surface area contributed by atoms with Crippen LogP contribution in [-0.2, 0) is 9.59 Å². The summed E-state index contributed by atoms with van der Waals surface area (Å²) in [5.74, 6) is -0.586. The Balaban J connectivity index is 1.51. The van der Waals surface area contributed by atoms with E-state index in [1.807, 2.05) is 9.80 Å². The molecule has 1 aromatic carbocycles. The van der Waals surface area contributed by atoms with Gasteiger partial charge in [0.1, 0.15) is 5.82 Å². The number of imide groups is 1. The Morgan fingerprint density at radius 1 is 0.962 bits per heavy atom. The Morgan fingerprint density at radius 3 is 2.35 bits per heavy atom. The van der Waals surface area contributed by atoms with Crippen molar-refractivity contribution in [2.45, 2.75) is 12.8 Å². The third-order valence-corrected chi connectivity index (χ3v) is 4.99. The molecule has 0 atom stereocenters. The zero-order valence-corrected chi connectivity index (χ0v) is 14.2. The maximum Gasteiger partial charge on any atom is 0.250 e. The Morgan fingerprint density at radius 2 is 1.65 bits per heavy atom. The summed E-state index contributed by atoms with van der Waals surface area (Å²) in [6.07, 6.45) is 0.590. The lowest BCUT2D eigenvalue weighted by Gasteiger charge is -2.37. The monoisotopic (exact) mass is 358 g/mol. The first-order chi connectivity index (χ1) is 12.5. The Hall–Kier alpha value is -2.74. The van der Waals surface area contributed by atoms with Crippen LogP contribution in [0.15, 0.2) is 29.1 Å². The van der Waals surface area contributed by atoms with Crippen molar-refractivity contribution in [3.05, 3.63) is 40.4 Å². The lowest BCUT2D eigenvalue weighted by molar-refractivity contribution is -0.140. The smallest absolute Gasteiger partial charge is 0.250 e. The van der Waals surface area contributed by atoms with Gasteiger partial charge in [0.25, 0.3) is 0 Å². The number of aromatic amines is 1. The van der Waals surface area contributed by atoms with E-state index in [2.05, 4.69) is 4.98 Å². The molecule has 2 aromatic rings. The maximum atomic E-state index is 13.7. The van der Waals surface area contributed by atoms with Crippen LogP contribution in [0.3, 0.4) is 0 Å². The van der Waals surface area contributed by atoms with Crippen molar-refractivity contribution >= 4 is 28.4 Å². The molecule has 2 aliphatic rings. The molecule has 3 heterocycles. The zero-order chi connectivity index (χ0) is 18.3. The minimum Gasteiger partial charge on any atom is -0.368 e. The number of nitrogens with zero attached hydrogens (tertiary/aromatic N) is 3. The van der Waals surface area contributed by atoms with E-state index in [9.17, 15) is 18.8 Å². The van der Waals surface area contributed by atoms with Gasteiger partial charge in [-0.2, -0.15) is 0 Å². The van der Waals surface area contributed by atoms with Crippen molar-refractivity contribution in [3.63, 3.8) is 0 Å². The molecule has 0 aliphatic carbocycles. The fourth-order valence-corrected chi connectivity index (χ4v) is 3.58. The summed E-state index contributed by atoms with van der Waals surface area (Å²) >= 11 is 0. The molecule has 0 bridgehead atoms. The fraction of sp³-hybridized carbons (Fsp3) is 0.389. The molecule has 0 spiro atoms. The van der Waals surface area contributed by atoms with E-state index in [4.69, 9.17) is 0 Å². The highest BCUT2D eigenvalue weighted by Crippen LogP contribution is 2.26. The number of hydrogen-bond acceptors (Lipinski definition) is 5. The van der Waals surface area contributed by atoms with Crippen molar-refractivity contribution in [3.8, 4) is 0 Å². The van der Waals surface area contributed by atoms with Gasteiger partial charge in [0.05, 0.1) is 17.9 Å². The van der Waals surface area contributed by atoms with Crippen molar-refractivity contribution in [2.75, 3.05) is 37.7 Å². The van der Waals surface area contributed by atoms with Crippen LogP contribution in [0.5, 0.6) is 0 Å².